The number of amides is 2. The van der Waals surface area contributed by atoms with Gasteiger partial charge in [0.1, 0.15) is 6.04 Å². The molecule has 0 spiro atoms. The highest BCUT2D eigenvalue weighted by Gasteiger charge is 2.36. The molecule has 0 bridgehead atoms. The van der Waals surface area contributed by atoms with E-state index in [0.717, 1.165) is 11.8 Å². The molecule has 0 radical (unpaired) electrons. The van der Waals surface area contributed by atoms with Crippen molar-refractivity contribution in [1.82, 2.24) is 10.2 Å². The molecule has 2 aliphatic rings. The lowest BCUT2D eigenvalue weighted by Gasteiger charge is -2.38. The van der Waals surface area contributed by atoms with Crippen LogP contribution in [0.15, 0.2) is 0 Å². The van der Waals surface area contributed by atoms with E-state index in [4.69, 9.17) is 5.73 Å². The maximum absolute atomic E-state index is 11.6. The van der Waals surface area contributed by atoms with Crippen LogP contribution < -0.4 is 11.1 Å². The molecule has 13 heavy (non-hydrogen) atoms. The Morgan fingerprint density at radius 1 is 1.62 bits per heavy atom. The highest BCUT2D eigenvalue weighted by Crippen LogP contribution is 2.17. The highest BCUT2D eigenvalue weighted by molar-refractivity contribution is 8.14. The van der Waals surface area contributed by atoms with Crippen molar-refractivity contribution in [2.24, 2.45) is 5.73 Å². The van der Waals surface area contributed by atoms with Gasteiger partial charge in [0.05, 0.1) is 0 Å². The average molecular weight is 201 g/mol. The van der Waals surface area contributed by atoms with Crippen LogP contribution in [0.3, 0.4) is 0 Å². The third-order valence-electron chi connectivity index (χ3n) is 2.19. The van der Waals surface area contributed by atoms with Crippen LogP contribution >= 0.6 is 11.8 Å². The van der Waals surface area contributed by atoms with Gasteiger partial charge in [-0.25, -0.2) is 0 Å². The van der Waals surface area contributed by atoms with Crippen molar-refractivity contribution in [3.63, 3.8) is 0 Å². The summed E-state index contributed by atoms with van der Waals surface area (Å²) in [6, 6.07) is -0.210. The van der Waals surface area contributed by atoms with Crippen molar-refractivity contribution in [3.05, 3.63) is 0 Å². The molecular weight excluding hydrogens is 190 g/mol. The minimum Gasteiger partial charge on any atom is -0.338 e. The zero-order chi connectivity index (χ0) is 9.42. The summed E-state index contributed by atoms with van der Waals surface area (Å²) in [5, 5.41) is 2.50. The van der Waals surface area contributed by atoms with Crippen molar-refractivity contribution >= 4 is 22.9 Å². The Labute approximate surface area is 80.0 Å². The molecule has 0 aliphatic carbocycles. The summed E-state index contributed by atoms with van der Waals surface area (Å²) in [6.07, 6.45) is 0. The number of nitrogens with two attached hydrogens (primary N) is 1. The molecule has 0 aromatic rings. The second-order valence-corrected chi connectivity index (χ2v) is 4.29. The normalized spacial score (nSPS) is 28.5. The molecule has 1 atom stereocenters. The van der Waals surface area contributed by atoms with Gasteiger partial charge in [-0.2, -0.15) is 0 Å². The number of rotatable bonds is 1. The Morgan fingerprint density at radius 2 is 2.31 bits per heavy atom. The fourth-order valence-electron chi connectivity index (χ4n) is 1.43. The van der Waals surface area contributed by atoms with Crippen LogP contribution in [0.1, 0.15) is 0 Å². The Kier molecular flexibility index (Phi) is 2.17. The van der Waals surface area contributed by atoms with Crippen LogP contribution in [0.25, 0.3) is 0 Å². The van der Waals surface area contributed by atoms with Crippen LogP contribution in [0.2, 0.25) is 0 Å². The van der Waals surface area contributed by atoms with Crippen molar-refractivity contribution in [2.75, 3.05) is 18.8 Å². The summed E-state index contributed by atoms with van der Waals surface area (Å²) in [5.74, 6) is 0.545. The summed E-state index contributed by atoms with van der Waals surface area (Å²) in [5.41, 5.74) is 5.55. The van der Waals surface area contributed by atoms with Gasteiger partial charge in [-0.1, -0.05) is 11.8 Å². The molecule has 6 heteroatoms. The number of likely N-dealkylation sites (tertiary alicyclic amines) is 1. The van der Waals surface area contributed by atoms with Gasteiger partial charge in [0.15, 0.2) is 0 Å². The van der Waals surface area contributed by atoms with Crippen LogP contribution in [-0.4, -0.2) is 47.0 Å². The maximum Gasteiger partial charge on any atom is 0.279 e. The fraction of sp³-hybridized carbons (Fsp3) is 0.714. The summed E-state index contributed by atoms with van der Waals surface area (Å²) in [6.45, 7) is 1.24. The second kappa shape index (κ2) is 3.19. The van der Waals surface area contributed by atoms with E-state index in [0.29, 0.717) is 18.8 Å². The van der Waals surface area contributed by atoms with Crippen LogP contribution in [0.4, 0.5) is 4.79 Å². The molecule has 3 N–H and O–H groups in total. The van der Waals surface area contributed by atoms with Crippen LogP contribution in [-0.2, 0) is 4.79 Å². The van der Waals surface area contributed by atoms with E-state index >= 15 is 0 Å². The second-order valence-electron chi connectivity index (χ2n) is 3.30. The van der Waals surface area contributed by atoms with Gasteiger partial charge in [-0.05, 0) is 0 Å². The quantitative estimate of drug-likeness (QED) is 0.569. The van der Waals surface area contributed by atoms with E-state index in [9.17, 15) is 9.59 Å². The van der Waals surface area contributed by atoms with Gasteiger partial charge >= 0.3 is 0 Å². The van der Waals surface area contributed by atoms with Gasteiger partial charge in [-0.15, -0.1) is 0 Å². The lowest BCUT2D eigenvalue weighted by Crippen LogP contribution is -2.61. The van der Waals surface area contributed by atoms with Gasteiger partial charge in [0.2, 0.25) is 5.91 Å². The molecular formula is C7H11N3O2S. The average Bonchev–Trinajstić information content (AvgIpc) is 2.45. The number of nitrogens with one attached hydrogen (secondary N) is 1. The van der Waals surface area contributed by atoms with Gasteiger partial charge < -0.3 is 16.0 Å². The first-order valence-electron chi connectivity index (χ1n) is 4.14. The number of hydrogen-bond donors (Lipinski definition) is 2. The molecule has 0 aromatic heterocycles. The maximum atomic E-state index is 11.6. The van der Waals surface area contributed by atoms with E-state index in [-0.39, 0.29) is 23.2 Å². The molecule has 2 heterocycles. The SMILES string of the molecule is NC1CN(C(=O)C2CSC(=O)N2)C1. The number of carbonyl (C=O) groups is 2. The lowest BCUT2D eigenvalue weighted by molar-refractivity contribution is -0.136. The molecule has 2 saturated heterocycles. The molecule has 5 nitrogen and oxygen atoms in total. The Bertz CT molecular complexity index is 252. The third-order valence-corrected chi connectivity index (χ3v) is 3.07. The number of hydrogen-bond acceptors (Lipinski definition) is 4. The molecule has 1 unspecified atom stereocenters. The van der Waals surface area contributed by atoms with E-state index in [2.05, 4.69) is 5.32 Å². The number of carbonyl (C=O) groups excluding carboxylic acids is 2. The predicted octanol–water partition coefficient (Wildman–Crippen LogP) is -1.02. The minimum atomic E-state index is -0.329. The standard InChI is InChI=1S/C7H11N3O2S/c8-4-1-10(2-4)6(11)5-3-13-7(12)9-5/h4-5H,1-3,8H2,(H,9,12). The van der Waals surface area contributed by atoms with E-state index in [1.807, 2.05) is 0 Å². The van der Waals surface area contributed by atoms with Crippen molar-refractivity contribution < 1.29 is 9.59 Å². The first-order valence-corrected chi connectivity index (χ1v) is 5.13. The molecule has 2 rings (SSSR count). The van der Waals surface area contributed by atoms with Crippen molar-refractivity contribution in [3.8, 4) is 0 Å². The molecule has 0 aromatic carbocycles. The smallest absolute Gasteiger partial charge is 0.279 e. The molecule has 0 saturated carbocycles. The molecule has 2 fully saturated rings. The summed E-state index contributed by atoms with van der Waals surface area (Å²) < 4.78 is 0. The Balaban J connectivity index is 1.87. The molecule has 2 aliphatic heterocycles. The minimum absolute atomic E-state index is 0.0000463. The molecule has 2 amide bonds. The summed E-state index contributed by atoms with van der Waals surface area (Å²) in [7, 11) is 0. The van der Waals surface area contributed by atoms with E-state index < -0.39 is 0 Å². The van der Waals surface area contributed by atoms with Gasteiger partial charge in [0, 0.05) is 24.9 Å². The fourth-order valence-corrected chi connectivity index (χ4v) is 2.20. The van der Waals surface area contributed by atoms with Gasteiger partial charge in [-0.3, -0.25) is 9.59 Å². The zero-order valence-electron chi connectivity index (χ0n) is 7.03. The number of thioether (sulfide) groups is 1. The van der Waals surface area contributed by atoms with Gasteiger partial charge in [0.25, 0.3) is 5.24 Å². The Hall–Kier alpha value is -0.750. The molecule has 72 valence electrons. The topological polar surface area (TPSA) is 75.4 Å². The predicted molar refractivity (Wildman–Crippen MR) is 49.3 cm³/mol. The Morgan fingerprint density at radius 3 is 2.77 bits per heavy atom. The van der Waals surface area contributed by atoms with E-state index in [1.54, 1.807) is 4.90 Å². The van der Waals surface area contributed by atoms with Crippen molar-refractivity contribution in [2.45, 2.75) is 12.1 Å². The third kappa shape index (κ3) is 1.64. The highest BCUT2D eigenvalue weighted by atomic mass is 32.2. The van der Waals surface area contributed by atoms with Crippen molar-refractivity contribution in [1.29, 1.82) is 0 Å². The first kappa shape index (κ1) is 8.83. The zero-order valence-corrected chi connectivity index (χ0v) is 7.84. The lowest BCUT2D eigenvalue weighted by atomic mass is 10.1. The first-order chi connectivity index (χ1) is 6.16. The van der Waals surface area contributed by atoms with E-state index in [1.165, 1.54) is 0 Å². The summed E-state index contributed by atoms with van der Waals surface area (Å²) >= 11 is 1.16. The monoisotopic (exact) mass is 201 g/mol. The largest absolute Gasteiger partial charge is 0.338 e. The number of nitrogens with zero attached hydrogens (tertiary/aromatic N) is 1. The summed E-state index contributed by atoms with van der Waals surface area (Å²) in [4.78, 5) is 24.1. The van der Waals surface area contributed by atoms with Crippen LogP contribution in [0, 0.1) is 0 Å². The van der Waals surface area contributed by atoms with Crippen LogP contribution in [0.5, 0.6) is 0 Å².